The molecule has 0 spiro atoms. The van der Waals surface area contributed by atoms with Crippen molar-refractivity contribution in [3.8, 4) is 0 Å². The zero-order valence-electron chi connectivity index (χ0n) is 14.2. The number of hydrogen-bond donors (Lipinski definition) is 4. The Morgan fingerprint density at radius 1 is 0.643 bits per heavy atom. The van der Waals surface area contributed by atoms with Crippen LogP contribution in [0.15, 0.2) is 60.7 Å². The van der Waals surface area contributed by atoms with Crippen molar-refractivity contribution in [2.75, 3.05) is 10.6 Å². The van der Waals surface area contributed by atoms with Crippen LogP contribution in [-0.4, -0.2) is 22.2 Å². The molecule has 0 aliphatic heterocycles. The van der Waals surface area contributed by atoms with Crippen LogP contribution in [0.25, 0.3) is 0 Å². The Bertz CT molecular complexity index is 957. The van der Waals surface area contributed by atoms with Crippen LogP contribution in [0.3, 0.4) is 0 Å². The minimum Gasteiger partial charge on any atom is -0.478 e. The number of nitrogens with one attached hydrogen (secondary N) is 2. The Morgan fingerprint density at radius 2 is 0.964 bits per heavy atom. The van der Waals surface area contributed by atoms with Gasteiger partial charge in [-0.25, -0.2) is 9.59 Å². The number of hydrogen-bond acceptors (Lipinski definition) is 4. The van der Waals surface area contributed by atoms with E-state index in [1.165, 1.54) is 0 Å². The van der Waals surface area contributed by atoms with Crippen molar-refractivity contribution >= 4 is 57.9 Å². The molecule has 3 aromatic rings. The Kier molecular flexibility index (Phi) is 5.73. The van der Waals surface area contributed by atoms with Crippen LogP contribution in [0.4, 0.5) is 22.7 Å². The van der Waals surface area contributed by atoms with Gasteiger partial charge in [0.2, 0.25) is 0 Å². The Balaban J connectivity index is 2.31. The molecule has 3 rings (SSSR count). The van der Waals surface area contributed by atoms with E-state index >= 15 is 0 Å². The number of rotatable bonds is 6. The molecule has 0 atom stereocenters. The molecule has 4 N–H and O–H groups in total. The van der Waals surface area contributed by atoms with Crippen molar-refractivity contribution in [3.63, 3.8) is 0 Å². The largest absolute Gasteiger partial charge is 0.478 e. The predicted octanol–water partition coefficient (Wildman–Crippen LogP) is 5.88. The number of aromatic carboxylic acids is 2. The maximum Gasteiger partial charge on any atom is 0.339 e. The summed E-state index contributed by atoms with van der Waals surface area (Å²) in [5.74, 6) is -2.70. The van der Waals surface area contributed by atoms with E-state index in [-0.39, 0.29) is 32.5 Å². The molecule has 28 heavy (non-hydrogen) atoms. The van der Waals surface area contributed by atoms with Gasteiger partial charge in [-0.15, -0.1) is 0 Å². The summed E-state index contributed by atoms with van der Waals surface area (Å²) in [6, 6.07) is 17.4. The van der Waals surface area contributed by atoms with Crippen LogP contribution >= 0.6 is 23.2 Å². The van der Waals surface area contributed by atoms with Crippen molar-refractivity contribution in [3.05, 3.63) is 81.8 Å². The molecule has 142 valence electrons. The molecule has 0 aromatic heterocycles. The summed E-state index contributed by atoms with van der Waals surface area (Å²) in [6.07, 6.45) is 0. The first-order valence-corrected chi connectivity index (χ1v) is 8.81. The van der Waals surface area contributed by atoms with Gasteiger partial charge in [0.05, 0.1) is 21.4 Å². The molecule has 3 aromatic carbocycles. The summed E-state index contributed by atoms with van der Waals surface area (Å²) in [7, 11) is 0. The number of para-hydroxylation sites is 2. The fourth-order valence-electron chi connectivity index (χ4n) is 2.67. The number of carboxylic acid groups (broad SMARTS) is 2. The third-order valence-corrected chi connectivity index (χ3v) is 4.75. The molecular weight excluding hydrogens is 403 g/mol. The quantitative estimate of drug-likeness (QED) is 0.400. The molecule has 0 heterocycles. The second-order valence-corrected chi connectivity index (χ2v) is 6.48. The van der Waals surface area contributed by atoms with Gasteiger partial charge in [-0.05, 0) is 24.3 Å². The summed E-state index contributed by atoms with van der Waals surface area (Å²) in [5, 5.41) is 24.6. The Labute approximate surface area is 170 Å². The highest BCUT2D eigenvalue weighted by Gasteiger charge is 2.29. The minimum absolute atomic E-state index is 0.00523. The maximum absolute atomic E-state index is 11.9. The first kappa shape index (κ1) is 19.5. The molecule has 0 aliphatic rings. The predicted molar refractivity (Wildman–Crippen MR) is 110 cm³/mol. The fraction of sp³-hybridized carbons (Fsp3) is 0. The number of anilines is 4. The van der Waals surface area contributed by atoms with E-state index in [1.54, 1.807) is 60.7 Å². The summed E-state index contributed by atoms with van der Waals surface area (Å²) in [5.41, 5.74) is 0.424. The zero-order valence-corrected chi connectivity index (χ0v) is 15.8. The van der Waals surface area contributed by atoms with Gasteiger partial charge in [0, 0.05) is 11.4 Å². The number of benzene rings is 3. The lowest BCUT2D eigenvalue weighted by Gasteiger charge is -2.21. The summed E-state index contributed by atoms with van der Waals surface area (Å²) in [6.45, 7) is 0. The van der Waals surface area contributed by atoms with Gasteiger partial charge in [-0.2, -0.15) is 0 Å². The van der Waals surface area contributed by atoms with Crippen molar-refractivity contribution < 1.29 is 19.8 Å². The van der Waals surface area contributed by atoms with E-state index in [1.807, 2.05) is 0 Å². The van der Waals surface area contributed by atoms with Crippen LogP contribution in [0.1, 0.15) is 20.7 Å². The van der Waals surface area contributed by atoms with Crippen LogP contribution < -0.4 is 10.6 Å². The Morgan fingerprint density at radius 3 is 1.25 bits per heavy atom. The normalized spacial score (nSPS) is 10.4. The molecule has 0 unspecified atom stereocenters. The summed E-state index contributed by atoms with van der Waals surface area (Å²) in [4.78, 5) is 23.8. The molecule has 0 amide bonds. The summed E-state index contributed by atoms with van der Waals surface area (Å²) < 4.78 is 0. The zero-order chi connectivity index (χ0) is 20.3. The van der Waals surface area contributed by atoms with Crippen LogP contribution in [0.5, 0.6) is 0 Å². The average molecular weight is 417 g/mol. The second-order valence-electron chi connectivity index (χ2n) is 5.72. The van der Waals surface area contributed by atoms with Gasteiger partial charge >= 0.3 is 11.9 Å². The van der Waals surface area contributed by atoms with Crippen LogP contribution in [0, 0.1) is 0 Å². The fourth-order valence-corrected chi connectivity index (χ4v) is 3.21. The molecule has 8 heteroatoms. The average Bonchev–Trinajstić information content (AvgIpc) is 2.67. The third-order valence-electron chi connectivity index (χ3n) is 3.90. The SMILES string of the molecule is O=C(O)c1c(Cl)c(Cl)c(C(=O)O)c(Nc2ccccc2)c1Nc1ccccc1. The lowest BCUT2D eigenvalue weighted by Crippen LogP contribution is -2.13. The van der Waals surface area contributed by atoms with E-state index in [9.17, 15) is 19.8 Å². The first-order chi connectivity index (χ1) is 13.4. The monoisotopic (exact) mass is 416 g/mol. The molecule has 0 saturated heterocycles. The molecule has 0 saturated carbocycles. The molecule has 0 fully saturated rings. The molecule has 0 bridgehead atoms. The van der Waals surface area contributed by atoms with Crippen molar-refractivity contribution in [1.82, 2.24) is 0 Å². The van der Waals surface area contributed by atoms with Gasteiger partial charge in [-0.3, -0.25) is 0 Å². The molecule has 6 nitrogen and oxygen atoms in total. The third kappa shape index (κ3) is 3.88. The van der Waals surface area contributed by atoms with Gasteiger partial charge in [0.15, 0.2) is 0 Å². The smallest absolute Gasteiger partial charge is 0.339 e. The number of halogens is 2. The highest BCUT2D eigenvalue weighted by molar-refractivity contribution is 6.46. The highest BCUT2D eigenvalue weighted by atomic mass is 35.5. The summed E-state index contributed by atoms with van der Waals surface area (Å²) >= 11 is 12.3. The van der Waals surface area contributed by atoms with Crippen molar-refractivity contribution in [1.29, 1.82) is 0 Å². The molecule has 0 radical (unpaired) electrons. The number of carboxylic acids is 2. The lowest BCUT2D eigenvalue weighted by atomic mass is 10.0. The topological polar surface area (TPSA) is 98.7 Å². The first-order valence-electron chi connectivity index (χ1n) is 8.05. The van der Waals surface area contributed by atoms with E-state index in [2.05, 4.69) is 10.6 Å². The molecular formula is C20H14Cl2N2O4. The van der Waals surface area contributed by atoms with Gasteiger partial charge in [0.25, 0.3) is 0 Å². The van der Waals surface area contributed by atoms with Crippen molar-refractivity contribution in [2.24, 2.45) is 0 Å². The van der Waals surface area contributed by atoms with Gasteiger partial charge in [0.1, 0.15) is 11.1 Å². The second kappa shape index (κ2) is 8.21. The molecule has 0 aliphatic carbocycles. The maximum atomic E-state index is 11.9. The van der Waals surface area contributed by atoms with E-state index < -0.39 is 11.9 Å². The standard InChI is InChI=1S/C20H14Cl2N2O4/c21-15-13(19(25)26)17(23-11-7-3-1-4-8-11)18(14(16(15)22)20(27)28)24-12-9-5-2-6-10-12/h1-10,23-24H,(H,25,26)(H,27,28). The lowest BCUT2D eigenvalue weighted by molar-refractivity contribution is 0.0683. The minimum atomic E-state index is -1.35. The van der Waals surface area contributed by atoms with E-state index in [0.29, 0.717) is 11.4 Å². The number of carbonyl (C=O) groups is 2. The highest BCUT2D eigenvalue weighted by Crippen LogP contribution is 2.44. The van der Waals surface area contributed by atoms with Crippen LogP contribution in [0.2, 0.25) is 10.0 Å². The van der Waals surface area contributed by atoms with E-state index in [0.717, 1.165) is 0 Å². The van der Waals surface area contributed by atoms with Gasteiger partial charge in [-0.1, -0.05) is 59.6 Å². The van der Waals surface area contributed by atoms with Crippen LogP contribution in [-0.2, 0) is 0 Å². The Hall–Kier alpha value is -3.22. The van der Waals surface area contributed by atoms with E-state index in [4.69, 9.17) is 23.2 Å². The van der Waals surface area contributed by atoms with Gasteiger partial charge < -0.3 is 20.8 Å². The van der Waals surface area contributed by atoms with Crippen molar-refractivity contribution in [2.45, 2.75) is 0 Å².